The van der Waals surface area contributed by atoms with Gasteiger partial charge in [0.05, 0.1) is 25.4 Å². The largest absolute Gasteiger partial charge is 0.481 e. The molecule has 1 rings (SSSR count). The lowest BCUT2D eigenvalue weighted by atomic mass is 10.1. The number of aromatic amines is 1. The first-order valence-corrected chi connectivity index (χ1v) is 8.75. The number of aliphatic hydroxyl groups excluding tert-OH is 1. The first kappa shape index (κ1) is 24.5. The molecule has 1 heterocycles. The molecule has 1 aromatic heterocycles. The molecule has 3 amide bonds. The van der Waals surface area contributed by atoms with Crippen LogP contribution in [0.15, 0.2) is 12.5 Å². The SMILES string of the molecule is CC(O)C(NC(=O)CN)C(=O)NC(Cc1cnc[nH]1)C(=O)NC(CC(=O)O)C(=O)O. The molecule has 30 heavy (non-hydrogen) atoms. The highest BCUT2D eigenvalue weighted by molar-refractivity contribution is 5.94. The van der Waals surface area contributed by atoms with Gasteiger partial charge in [0.25, 0.3) is 0 Å². The number of carboxylic acids is 2. The number of aromatic nitrogens is 2. The number of aliphatic carboxylic acids is 2. The number of nitrogens with two attached hydrogens (primary N) is 1. The highest BCUT2D eigenvalue weighted by Crippen LogP contribution is 2.03. The van der Waals surface area contributed by atoms with Crippen LogP contribution in [0.2, 0.25) is 0 Å². The fraction of sp³-hybridized carbons (Fsp3) is 0.500. The van der Waals surface area contributed by atoms with Crippen LogP contribution in [-0.4, -0.2) is 85.7 Å². The normalized spacial score (nSPS) is 14.6. The first-order valence-electron chi connectivity index (χ1n) is 8.75. The van der Waals surface area contributed by atoms with Gasteiger partial charge in [-0.25, -0.2) is 9.78 Å². The van der Waals surface area contributed by atoms with E-state index in [-0.39, 0.29) is 6.42 Å². The van der Waals surface area contributed by atoms with E-state index in [9.17, 15) is 29.1 Å². The van der Waals surface area contributed by atoms with Crippen molar-refractivity contribution in [2.75, 3.05) is 6.54 Å². The molecule has 0 bridgehead atoms. The molecule has 9 N–H and O–H groups in total. The molecule has 0 spiro atoms. The van der Waals surface area contributed by atoms with Gasteiger partial charge in [-0.15, -0.1) is 0 Å². The van der Waals surface area contributed by atoms with Gasteiger partial charge in [0.2, 0.25) is 17.7 Å². The third kappa shape index (κ3) is 7.84. The third-order valence-electron chi connectivity index (χ3n) is 3.87. The van der Waals surface area contributed by atoms with E-state index in [1.165, 1.54) is 19.4 Å². The molecule has 0 saturated carbocycles. The van der Waals surface area contributed by atoms with Crippen molar-refractivity contribution in [1.29, 1.82) is 0 Å². The molecule has 0 aromatic carbocycles. The van der Waals surface area contributed by atoms with E-state index < -0.39 is 66.9 Å². The summed E-state index contributed by atoms with van der Waals surface area (Å²) in [5.74, 6) is -5.67. The van der Waals surface area contributed by atoms with Crippen molar-refractivity contribution in [3.05, 3.63) is 18.2 Å². The Bertz CT molecular complexity index is 766. The maximum atomic E-state index is 12.6. The van der Waals surface area contributed by atoms with Crippen LogP contribution < -0.4 is 21.7 Å². The maximum Gasteiger partial charge on any atom is 0.326 e. The van der Waals surface area contributed by atoms with Crippen molar-refractivity contribution in [3.63, 3.8) is 0 Å². The van der Waals surface area contributed by atoms with E-state index >= 15 is 0 Å². The molecule has 4 unspecified atom stereocenters. The number of nitrogens with one attached hydrogen (secondary N) is 4. The van der Waals surface area contributed by atoms with E-state index in [2.05, 4.69) is 20.6 Å². The number of carbonyl (C=O) groups excluding carboxylic acids is 3. The Morgan fingerprint density at radius 3 is 2.20 bits per heavy atom. The molecule has 14 nitrogen and oxygen atoms in total. The van der Waals surface area contributed by atoms with Gasteiger partial charge in [0, 0.05) is 18.3 Å². The Labute approximate surface area is 170 Å². The van der Waals surface area contributed by atoms with E-state index in [1.54, 1.807) is 0 Å². The lowest BCUT2D eigenvalue weighted by Gasteiger charge is -2.25. The second-order valence-electron chi connectivity index (χ2n) is 6.33. The first-order chi connectivity index (χ1) is 14.0. The van der Waals surface area contributed by atoms with Crippen LogP contribution in [0.3, 0.4) is 0 Å². The second kappa shape index (κ2) is 11.5. The lowest BCUT2D eigenvalue weighted by molar-refractivity contribution is -0.147. The summed E-state index contributed by atoms with van der Waals surface area (Å²) in [5, 5.41) is 34.2. The fourth-order valence-electron chi connectivity index (χ4n) is 2.37. The number of hydrogen-bond acceptors (Lipinski definition) is 8. The van der Waals surface area contributed by atoms with Crippen molar-refractivity contribution in [2.45, 2.75) is 44.0 Å². The molecule has 0 aliphatic carbocycles. The molecule has 0 aliphatic rings. The Morgan fingerprint density at radius 1 is 1.10 bits per heavy atom. The van der Waals surface area contributed by atoms with Crippen LogP contribution in [0.5, 0.6) is 0 Å². The molecular weight excluding hydrogens is 404 g/mol. The summed E-state index contributed by atoms with van der Waals surface area (Å²) < 4.78 is 0. The number of aliphatic hydroxyl groups is 1. The van der Waals surface area contributed by atoms with Gasteiger partial charge in [-0.2, -0.15) is 0 Å². The minimum absolute atomic E-state index is 0.158. The molecule has 14 heteroatoms. The quantitative estimate of drug-likeness (QED) is 0.162. The number of carbonyl (C=O) groups is 5. The molecule has 1 aromatic rings. The summed E-state index contributed by atoms with van der Waals surface area (Å²) in [6, 6.07) is -4.54. The minimum Gasteiger partial charge on any atom is -0.481 e. The molecule has 0 fully saturated rings. The van der Waals surface area contributed by atoms with Gasteiger partial charge in [0.15, 0.2) is 0 Å². The van der Waals surface area contributed by atoms with Crippen LogP contribution in [0.25, 0.3) is 0 Å². The standard InChI is InChI=1S/C16H24N6O8/c1-7(23)13(22-11(24)4-17)15(28)20-9(2-8-5-18-6-19-8)14(27)21-10(16(29)30)3-12(25)26/h5-7,9-10,13,23H,2-4,17H2,1H3,(H,18,19)(H,20,28)(H,21,27)(H,22,24)(H,25,26)(H,29,30). The van der Waals surface area contributed by atoms with E-state index in [4.69, 9.17) is 15.9 Å². The van der Waals surface area contributed by atoms with Gasteiger partial charge in [-0.3, -0.25) is 19.2 Å². The monoisotopic (exact) mass is 428 g/mol. The smallest absolute Gasteiger partial charge is 0.326 e. The summed E-state index contributed by atoms with van der Waals surface area (Å²) in [5.41, 5.74) is 5.58. The third-order valence-corrected chi connectivity index (χ3v) is 3.87. The van der Waals surface area contributed by atoms with Crippen molar-refractivity contribution < 1.29 is 39.3 Å². The zero-order chi connectivity index (χ0) is 22.8. The fourth-order valence-corrected chi connectivity index (χ4v) is 2.37. The highest BCUT2D eigenvalue weighted by Gasteiger charge is 2.32. The number of H-pyrrole nitrogens is 1. The summed E-state index contributed by atoms with van der Waals surface area (Å²) in [6.07, 6.45) is 0.301. The maximum absolute atomic E-state index is 12.6. The van der Waals surface area contributed by atoms with Crippen LogP contribution in [0, 0.1) is 0 Å². The Hall–Kier alpha value is -3.52. The van der Waals surface area contributed by atoms with Crippen molar-refractivity contribution in [3.8, 4) is 0 Å². The molecule has 0 saturated heterocycles. The van der Waals surface area contributed by atoms with Gasteiger partial charge < -0.3 is 42.0 Å². The van der Waals surface area contributed by atoms with E-state index in [1.807, 2.05) is 5.32 Å². The van der Waals surface area contributed by atoms with Gasteiger partial charge in [0.1, 0.15) is 18.1 Å². The van der Waals surface area contributed by atoms with Crippen molar-refractivity contribution in [2.24, 2.45) is 5.73 Å². The van der Waals surface area contributed by atoms with Gasteiger partial charge >= 0.3 is 11.9 Å². The Balaban J connectivity index is 3.02. The van der Waals surface area contributed by atoms with Crippen molar-refractivity contribution in [1.82, 2.24) is 25.9 Å². The average molecular weight is 428 g/mol. The van der Waals surface area contributed by atoms with E-state index in [0.29, 0.717) is 5.69 Å². The highest BCUT2D eigenvalue weighted by atomic mass is 16.4. The Morgan fingerprint density at radius 2 is 1.73 bits per heavy atom. The number of carboxylic acid groups (broad SMARTS) is 2. The molecular formula is C16H24N6O8. The van der Waals surface area contributed by atoms with Crippen LogP contribution in [0.1, 0.15) is 19.0 Å². The zero-order valence-electron chi connectivity index (χ0n) is 16.0. The van der Waals surface area contributed by atoms with Crippen LogP contribution in [0.4, 0.5) is 0 Å². The van der Waals surface area contributed by atoms with Gasteiger partial charge in [-0.05, 0) is 6.92 Å². The lowest BCUT2D eigenvalue weighted by Crippen LogP contribution is -2.59. The van der Waals surface area contributed by atoms with Crippen LogP contribution >= 0.6 is 0 Å². The average Bonchev–Trinajstić information content (AvgIpc) is 3.16. The predicted molar refractivity (Wildman–Crippen MR) is 98.7 cm³/mol. The number of amides is 3. The van der Waals surface area contributed by atoms with Gasteiger partial charge in [-0.1, -0.05) is 0 Å². The summed E-state index contributed by atoms with van der Waals surface area (Å²) in [6.45, 7) is 0.794. The number of rotatable bonds is 12. The number of nitrogens with zero attached hydrogens (tertiary/aromatic N) is 1. The zero-order valence-corrected chi connectivity index (χ0v) is 16.0. The summed E-state index contributed by atoms with van der Waals surface area (Å²) in [7, 11) is 0. The molecule has 166 valence electrons. The number of imidazole rings is 1. The number of hydrogen-bond donors (Lipinski definition) is 8. The second-order valence-corrected chi connectivity index (χ2v) is 6.33. The topological polar surface area (TPSA) is 237 Å². The van der Waals surface area contributed by atoms with E-state index in [0.717, 1.165) is 0 Å². The molecule has 0 radical (unpaired) electrons. The minimum atomic E-state index is -1.74. The molecule has 4 atom stereocenters. The van der Waals surface area contributed by atoms with Crippen molar-refractivity contribution >= 4 is 29.7 Å². The van der Waals surface area contributed by atoms with Crippen LogP contribution in [-0.2, 0) is 30.4 Å². The molecule has 0 aliphatic heterocycles. The summed E-state index contributed by atoms with van der Waals surface area (Å²) >= 11 is 0. The predicted octanol–water partition coefficient (Wildman–Crippen LogP) is -3.69. The Kier molecular flexibility index (Phi) is 9.38. The summed E-state index contributed by atoms with van der Waals surface area (Å²) in [4.78, 5) is 65.1.